The molecule has 1 N–H and O–H groups in total. The topological polar surface area (TPSA) is 29.1 Å². The molecule has 35 heavy (non-hydrogen) atoms. The maximum absolute atomic E-state index is 11.6. The van der Waals surface area contributed by atoms with Crippen LogP contribution in [0.5, 0.6) is 0 Å². The molecule has 0 aliphatic heterocycles. The highest BCUT2D eigenvalue weighted by Crippen LogP contribution is 2.56. The number of halogens is 1. The number of rotatable bonds is 4. The van der Waals surface area contributed by atoms with E-state index >= 15 is 0 Å². The minimum absolute atomic E-state index is 0.0775. The van der Waals surface area contributed by atoms with E-state index < -0.39 is 5.41 Å². The number of benzene rings is 4. The number of carbonyl (C=O) groups excluding carboxylic acids is 1. The maximum atomic E-state index is 11.6. The molecular formula is C31H22ClNOS. The molecule has 170 valence electrons. The molecular weight excluding hydrogens is 470 g/mol. The maximum Gasteiger partial charge on any atom is 0.221 e. The van der Waals surface area contributed by atoms with Gasteiger partial charge < -0.3 is 5.32 Å². The molecule has 1 heterocycles. The molecule has 1 aliphatic carbocycles. The summed E-state index contributed by atoms with van der Waals surface area (Å²) in [6, 6.07) is 35.6. The Morgan fingerprint density at radius 3 is 2.29 bits per heavy atom. The van der Waals surface area contributed by atoms with E-state index in [4.69, 9.17) is 11.6 Å². The summed E-state index contributed by atoms with van der Waals surface area (Å²) in [6.45, 7) is 1.53. The summed E-state index contributed by atoms with van der Waals surface area (Å²) in [7, 11) is 0. The van der Waals surface area contributed by atoms with Crippen molar-refractivity contribution in [2.75, 3.05) is 5.32 Å². The summed E-state index contributed by atoms with van der Waals surface area (Å²) in [5.74, 6) is -0.0775. The van der Waals surface area contributed by atoms with Crippen molar-refractivity contribution in [2.24, 2.45) is 0 Å². The monoisotopic (exact) mass is 491 g/mol. The van der Waals surface area contributed by atoms with E-state index in [0.717, 1.165) is 21.8 Å². The van der Waals surface area contributed by atoms with E-state index in [1.54, 1.807) is 0 Å². The van der Waals surface area contributed by atoms with Crippen LogP contribution in [0.1, 0.15) is 34.1 Å². The first kappa shape index (κ1) is 21.8. The lowest BCUT2D eigenvalue weighted by Gasteiger charge is -2.29. The molecule has 1 aliphatic rings. The van der Waals surface area contributed by atoms with Gasteiger partial charge in [-0.25, -0.2) is 0 Å². The predicted molar refractivity (Wildman–Crippen MR) is 147 cm³/mol. The first-order valence-electron chi connectivity index (χ1n) is 11.5. The minimum Gasteiger partial charge on any atom is -0.326 e. The summed E-state index contributed by atoms with van der Waals surface area (Å²) >= 11 is 8.29. The number of thiophene rings is 1. The second-order valence-corrected chi connectivity index (χ2v) is 10.3. The van der Waals surface area contributed by atoms with Crippen molar-refractivity contribution < 1.29 is 4.79 Å². The Balaban J connectivity index is 1.68. The highest BCUT2D eigenvalue weighted by atomic mass is 35.5. The van der Waals surface area contributed by atoms with Gasteiger partial charge in [-0.05, 0) is 52.6 Å². The fourth-order valence-electron chi connectivity index (χ4n) is 5.14. The Hall–Kier alpha value is -3.66. The number of allylic oxidation sites excluding steroid dienone is 1. The molecule has 1 amide bonds. The van der Waals surface area contributed by atoms with E-state index in [1.807, 2.05) is 41.7 Å². The molecule has 0 saturated carbocycles. The lowest BCUT2D eigenvalue weighted by molar-refractivity contribution is -0.114. The van der Waals surface area contributed by atoms with Crippen molar-refractivity contribution >= 4 is 50.2 Å². The van der Waals surface area contributed by atoms with E-state index in [-0.39, 0.29) is 5.91 Å². The fourth-order valence-corrected chi connectivity index (χ4v) is 6.76. The van der Waals surface area contributed by atoms with Gasteiger partial charge in [0.1, 0.15) is 0 Å². The molecule has 0 fully saturated rings. The van der Waals surface area contributed by atoms with Crippen molar-refractivity contribution in [3.63, 3.8) is 0 Å². The third-order valence-electron chi connectivity index (χ3n) is 6.61. The van der Waals surface area contributed by atoms with Crippen LogP contribution < -0.4 is 5.32 Å². The number of anilines is 1. The zero-order valence-corrected chi connectivity index (χ0v) is 20.7. The lowest BCUT2D eigenvalue weighted by atomic mass is 9.74. The lowest BCUT2D eigenvalue weighted by Crippen LogP contribution is -2.24. The molecule has 0 radical (unpaired) electrons. The Labute approximate surface area is 213 Å². The molecule has 1 unspecified atom stereocenters. The summed E-state index contributed by atoms with van der Waals surface area (Å²) < 4.78 is 1.26. The van der Waals surface area contributed by atoms with Gasteiger partial charge in [-0.15, -0.1) is 11.3 Å². The SMILES string of the molecule is CC(=O)Nc1ccc(C2(c3ccccc3)C=C(c3cccc(Cl)c3)c3c2sc2ccccc32)cc1. The largest absolute Gasteiger partial charge is 0.326 e. The van der Waals surface area contributed by atoms with Crippen molar-refractivity contribution in [2.45, 2.75) is 12.3 Å². The second-order valence-electron chi connectivity index (χ2n) is 8.80. The van der Waals surface area contributed by atoms with Gasteiger partial charge in [-0.3, -0.25) is 4.79 Å². The molecule has 1 atom stereocenters. The standard InChI is InChI=1S/C31H22ClNOS/c1-20(34)33-25-16-14-23(15-17-25)31(22-9-3-2-4-10-22)19-27(21-8-7-11-24(32)18-21)29-26-12-5-6-13-28(26)35-30(29)31/h2-19H,1H3,(H,33,34). The van der Waals surface area contributed by atoms with Crippen molar-refractivity contribution in [3.05, 3.63) is 141 Å². The van der Waals surface area contributed by atoms with Crippen LogP contribution >= 0.6 is 22.9 Å². The Morgan fingerprint density at radius 2 is 1.54 bits per heavy atom. The quantitative estimate of drug-likeness (QED) is 0.269. The van der Waals surface area contributed by atoms with Crippen molar-refractivity contribution in [1.29, 1.82) is 0 Å². The average molecular weight is 492 g/mol. The van der Waals surface area contributed by atoms with Crippen LogP contribution in [-0.2, 0) is 10.2 Å². The minimum atomic E-state index is -0.466. The van der Waals surface area contributed by atoms with E-state index in [0.29, 0.717) is 0 Å². The summed E-state index contributed by atoms with van der Waals surface area (Å²) in [4.78, 5) is 12.9. The average Bonchev–Trinajstić information content (AvgIpc) is 3.41. The molecule has 6 rings (SSSR count). The number of hydrogen-bond donors (Lipinski definition) is 1. The first-order chi connectivity index (χ1) is 17.1. The number of amides is 1. The van der Waals surface area contributed by atoms with Gasteiger partial charge in [-0.1, -0.05) is 90.5 Å². The molecule has 4 heteroatoms. The van der Waals surface area contributed by atoms with Gasteiger partial charge in [0, 0.05) is 38.2 Å². The fraction of sp³-hybridized carbons (Fsp3) is 0.0645. The summed E-state index contributed by atoms with van der Waals surface area (Å²) in [5, 5.41) is 4.87. The number of nitrogens with one attached hydrogen (secondary N) is 1. The Kier molecular flexibility index (Phi) is 5.32. The van der Waals surface area contributed by atoms with E-state index in [2.05, 4.69) is 84.2 Å². The van der Waals surface area contributed by atoms with Crippen LogP contribution in [0, 0.1) is 0 Å². The molecule has 0 saturated heterocycles. The van der Waals surface area contributed by atoms with Crippen LogP contribution in [0.4, 0.5) is 5.69 Å². The predicted octanol–water partition coefficient (Wildman–Crippen LogP) is 8.29. The Morgan fingerprint density at radius 1 is 0.829 bits per heavy atom. The van der Waals surface area contributed by atoms with Crippen LogP contribution in [0.15, 0.2) is 109 Å². The van der Waals surface area contributed by atoms with Crippen LogP contribution in [-0.4, -0.2) is 5.91 Å². The highest BCUT2D eigenvalue weighted by Gasteiger charge is 2.44. The van der Waals surface area contributed by atoms with Crippen molar-refractivity contribution in [1.82, 2.24) is 0 Å². The third kappa shape index (κ3) is 3.59. The third-order valence-corrected chi connectivity index (χ3v) is 8.15. The second kappa shape index (κ2) is 8.53. The Bertz CT molecular complexity index is 1600. The summed E-state index contributed by atoms with van der Waals surface area (Å²) in [5.41, 5.74) is 6.25. The zero-order chi connectivity index (χ0) is 24.0. The van der Waals surface area contributed by atoms with Gasteiger partial charge in [-0.2, -0.15) is 0 Å². The molecule has 0 spiro atoms. The van der Waals surface area contributed by atoms with Crippen LogP contribution in [0.2, 0.25) is 5.02 Å². The number of hydrogen-bond acceptors (Lipinski definition) is 2. The van der Waals surface area contributed by atoms with Crippen LogP contribution in [0.25, 0.3) is 15.7 Å². The van der Waals surface area contributed by atoms with E-state index in [9.17, 15) is 4.79 Å². The van der Waals surface area contributed by atoms with Gasteiger partial charge in [0.05, 0.1) is 5.41 Å². The van der Waals surface area contributed by atoms with Crippen LogP contribution in [0.3, 0.4) is 0 Å². The van der Waals surface area contributed by atoms with Gasteiger partial charge in [0.25, 0.3) is 0 Å². The molecule has 5 aromatic rings. The van der Waals surface area contributed by atoms with Crippen molar-refractivity contribution in [3.8, 4) is 0 Å². The molecule has 0 bridgehead atoms. The van der Waals surface area contributed by atoms with Gasteiger partial charge in [0.15, 0.2) is 0 Å². The smallest absolute Gasteiger partial charge is 0.221 e. The summed E-state index contributed by atoms with van der Waals surface area (Å²) in [6.07, 6.45) is 2.40. The van der Waals surface area contributed by atoms with E-state index in [1.165, 1.54) is 38.6 Å². The highest BCUT2D eigenvalue weighted by molar-refractivity contribution is 7.19. The zero-order valence-electron chi connectivity index (χ0n) is 19.1. The molecule has 1 aromatic heterocycles. The normalized spacial score (nSPS) is 16.7. The number of fused-ring (bicyclic) bond motifs is 3. The first-order valence-corrected chi connectivity index (χ1v) is 12.7. The number of carbonyl (C=O) groups is 1. The van der Waals surface area contributed by atoms with Gasteiger partial charge >= 0.3 is 0 Å². The molecule has 2 nitrogen and oxygen atoms in total. The molecule has 4 aromatic carbocycles. The van der Waals surface area contributed by atoms with Gasteiger partial charge in [0.2, 0.25) is 5.91 Å².